The first-order chi connectivity index (χ1) is 14.1. The Morgan fingerprint density at radius 1 is 1.10 bits per heavy atom. The fourth-order valence-corrected chi connectivity index (χ4v) is 4.34. The molecule has 0 radical (unpaired) electrons. The van der Waals surface area contributed by atoms with Crippen LogP contribution in [0, 0.1) is 11.8 Å². The normalized spacial score (nSPS) is 23.0. The monoisotopic (exact) mass is 404 g/mol. The Morgan fingerprint density at radius 2 is 1.90 bits per heavy atom. The zero-order valence-electron chi connectivity index (χ0n) is 17.3. The van der Waals surface area contributed by atoms with Crippen LogP contribution in [0.15, 0.2) is 4.52 Å². The summed E-state index contributed by atoms with van der Waals surface area (Å²) >= 11 is 0. The molecule has 8 nitrogen and oxygen atoms in total. The SMILES string of the molecule is CC(=O)N1CCC(CC(=O)N2CCCC2c2nc(CCOCC3CC3)no2)CC1. The summed E-state index contributed by atoms with van der Waals surface area (Å²) in [6.07, 6.45) is 7.38. The fraction of sp³-hybridized carbons (Fsp3) is 0.810. The molecule has 2 aliphatic heterocycles. The molecule has 0 N–H and O–H groups in total. The third-order valence-electron chi connectivity index (χ3n) is 6.39. The lowest BCUT2D eigenvalue weighted by molar-refractivity contribution is -0.134. The van der Waals surface area contributed by atoms with E-state index >= 15 is 0 Å². The molecule has 1 aromatic heterocycles. The van der Waals surface area contributed by atoms with Crippen LogP contribution in [0.2, 0.25) is 0 Å². The van der Waals surface area contributed by atoms with E-state index in [1.54, 1.807) is 6.92 Å². The van der Waals surface area contributed by atoms with Crippen LogP contribution in [0.4, 0.5) is 0 Å². The molecule has 1 aromatic rings. The predicted molar refractivity (Wildman–Crippen MR) is 105 cm³/mol. The van der Waals surface area contributed by atoms with Crippen LogP contribution >= 0.6 is 0 Å². The Morgan fingerprint density at radius 3 is 2.62 bits per heavy atom. The molecule has 0 spiro atoms. The molecule has 160 valence electrons. The summed E-state index contributed by atoms with van der Waals surface area (Å²) in [4.78, 5) is 32.7. The van der Waals surface area contributed by atoms with E-state index in [-0.39, 0.29) is 17.9 Å². The molecule has 1 atom stereocenters. The van der Waals surface area contributed by atoms with Gasteiger partial charge in [-0.15, -0.1) is 0 Å². The third kappa shape index (κ3) is 5.35. The van der Waals surface area contributed by atoms with Gasteiger partial charge < -0.3 is 19.1 Å². The van der Waals surface area contributed by atoms with E-state index in [9.17, 15) is 9.59 Å². The second-order valence-electron chi connectivity index (χ2n) is 8.72. The van der Waals surface area contributed by atoms with Crippen molar-refractivity contribution in [3.05, 3.63) is 11.7 Å². The number of likely N-dealkylation sites (tertiary alicyclic amines) is 2. The highest BCUT2D eigenvalue weighted by atomic mass is 16.5. The molecule has 8 heteroatoms. The second kappa shape index (κ2) is 9.24. The maximum Gasteiger partial charge on any atom is 0.249 e. The minimum absolute atomic E-state index is 0.103. The largest absolute Gasteiger partial charge is 0.381 e. The van der Waals surface area contributed by atoms with Crippen LogP contribution in [0.25, 0.3) is 0 Å². The van der Waals surface area contributed by atoms with Crippen molar-refractivity contribution in [1.29, 1.82) is 0 Å². The van der Waals surface area contributed by atoms with Crippen molar-refractivity contribution in [2.24, 2.45) is 11.8 Å². The van der Waals surface area contributed by atoms with Crippen LogP contribution in [-0.2, 0) is 20.7 Å². The first-order valence-electron chi connectivity index (χ1n) is 11.1. The van der Waals surface area contributed by atoms with Gasteiger partial charge in [-0.3, -0.25) is 9.59 Å². The first-order valence-corrected chi connectivity index (χ1v) is 11.1. The summed E-state index contributed by atoms with van der Waals surface area (Å²) in [5.41, 5.74) is 0. The Kier molecular flexibility index (Phi) is 6.47. The lowest BCUT2D eigenvalue weighted by Crippen LogP contribution is -2.39. The van der Waals surface area contributed by atoms with Crippen LogP contribution in [-0.4, -0.2) is 64.6 Å². The van der Waals surface area contributed by atoms with Crippen molar-refractivity contribution in [2.75, 3.05) is 32.8 Å². The number of nitrogens with zero attached hydrogens (tertiary/aromatic N) is 4. The van der Waals surface area contributed by atoms with Crippen LogP contribution in [0.1, 0.15) is 69.6 Å². The van der Waals surface area contributed by atoms with E-state index in [2.05, 4.69) is 10.1 Å². The van der Waals surface area contributed by atoms with Crippen molar-refractivity contribution in [3.63, 3.8) is 0 Å². The molecule has 1 unspecified atom stereocenters. The molecule has 2 amide bonds. The van der Waals surface area contributed by atoms with E-state index in [0.29, 0.717) is 37.1 Å². The van der Waals surface area contributed by atoms with Gasteiger partial charge in [0.05, 0.1) is 6.61 Å². The second-order valence-corrected chi connectivity index (χ2v) is 8.72. The number of hydrogen-bond donors (Lipinski definition) is 0. The molecule has 1 saturated carbocycles. The highest BCUT2D eigenvalue weighted by Crippen LogP contribution is 2.33. The number of rotatable bonds is 8. The van der Waals surface area contributed by atoms with Crippen LogP contribution in [0.3, 0.4) is 0 Å². The number of amides is 2. The summed E-state index contributed by atoms with van der Waals surface area (Å²) in [7, 11) is 0. The van der Waals surface area contributed by atoms with Gasteiger partial charge >= 0.3 is 0 Å². The average molecular weight is 405 g/mol. The van der Waals surface area contributed by atoms with Crippen molar-refractivity contribution < 1.29 is 18.8 Å². The molecule has 3 fully saturated rings. The Bertz CT molecular complexity index is 709. The number of hydrogen-bond acceptors (Lipinski definition) is 6. The third-order valence-corrected chi connectivity index (χ3v) is 6.39. The first kappa shape index (κ1) is 20.3. The standard InChI is InChI=1S/C21H32N4O4/c1-15(26)24-10-6-16(7-11-24)13-20(27)25-9-2-3-18(25)21-22-19(23-29-21)8-12-28-14-17-4-5-17/h16-18H,2-14H2,1H3. The fourth-order valence-electron chi connectivity index (χ4n) is 4.34. The molecule has 2 saturated heterocycles. The van der Waals surface area contributed by atoms with E-state index in [4.69, 9.17) is 9.26 Å². The highest BCUT2D eigenvalue weighted by Gasteiger charge is 2.35. The molecular formula is C21H32N4O4. The van der Waals surface area contributed by atoms with Crippen LogP contribution in [0.5, 0.6) is 0 Å². The number of carbonyl (C=O) groups is 2. The van der Waals surface area contributed by atoms with E-state index in [1.807, 2.05) is 9.80 Å². The van der Waals surface area contributed by atoms with Gasteiger partial charge in [-0.1, -0.05) is 5.16 Å². The Hall–Kier alpha value is -1.96. The summed E-state index contributed by atoms with van der Waals surface area (Å²) in [6, 6.07) is -0.103. The van der Waals surface area contributed by atoms with Crippen molar-refractivity contribution in [3.8, 4) is 0 Å². The smallest absolute Gasteiger partial charge is 0.249 e. The molecule has 0 aromatic carbocycles. The predicted octanol–water partition coefficient (Wildman–Crippen LogP) is 2.35. The molecule has 4 rings (SSSR count). The number of ether oxygens (including phenoxy) is 1. The zero-order chi connectivity index (χ0) is 20.2. The Labute approximate surface area is 171 Å². The summed E-state index contributed by atoms with van der Waals surface area (Å²) in [5.74, 6) is 2.61. The quantitative estimate of drug-likeness (QED) is 0.618. The molecule has 0 bridgehead atoms. The van der Waals surface area contributed by atoms with Gasteiger partial charge in [0.1, 0.15) is 6.04 Å². The van der Waals surface area contributed by atoms with Crippen LogP contribution < -0.4 is 0 Å². The topological polar surface area (TPSA) is 88.8 Å². The number of carbonyl (C=O) groups excluding carboxylic acids is 2. The molecule has 29 heavy (non-hydrogen) atoms. The lowest BCUT2D eigenvalue weighted by atomic mass is 9.93. The van der Waals surface area contributed by atoms with Gasteiger partial charge in [-0.05, 0) is 50.4 Å². The van der Waals surface area contributed by atoms with Gasteiger partial charge in [-0.2, -0.15) is 4.98 Å². The molecule has 1 aliphatic carbocycles. The summed E-state index contributed by atoms with van der Waals surface area (Å²) in [5, 5.41) is 4.09. The molecule has 3 aliphatic rings. The maximum atomic E-state index is 12.9. The highest BCUT2D eigenvalue weighted by molar-refractivity contribution is 5.77. The maximum absolute atomic E-state index is 12.9. The van der Waals surface area contributed by atoms with Gasteiger partial charge in [0, 0.05) is 46.0 Å². The van der Waals surface area contributed by atoms with Gasteiger partial charge in [-0.25, -0.2) is 0 Å². The molecular weight excluding hydrogens is 372 g/mol. The molecule has 3 heterocycles. The van der Waals surface area contributed by atoms with E-state index < -0.39 is 0 Å². The van der Waals surface area contributed by atoms with E-state index in [1.165, 1.54) is 12.8 Å². The summed E-state index contributed by atoms with van der Waals surface area (Å²) < 4.78 is 11.1. The van der Waals surface area contributed by atoms with Crippen molar-refractivity contribution in [2.45, 2.75) is 64.3 Å². The number of aromatic nitrogens is 2. The van der Waals surface area contributed by atoms with Gasteiger partial charge in [0.25, 0.3) is 0 Å². The van der Waals surface area contributed by atoms with Crippen molar-refractivity contribution in [1.82, 2.24) is 19.9 Å². The van der Waals surface area contributed by atoms with Gasteiger partial charge in [0.2, 0.25) is 17.7 Å². The Balaban J connectivity index is 1.26. The van der Waals surface area contributed by atoms with E-state index in [0.717, 1.165) is 57.8 Å². The zero-order valence-corrected chi connectivity index (χ0v) is 17.3. The lowest BCUT2D eigenvalue weighted by Gasteiger charge is -2.32. The number of piperidine rings is 1. The van der Waals surface area contributed by atoms with Crippen molar-refractivity contribution >= 4 is 11.8 Å². The minimum atomic E-state index is -0.103. The minimum Gasteiger partial charge on any atom is -0.381 e. The average Bonchev–Trinajstić information content (AvgIpc) is 3.21. The van der Waals surface area contributed by atoms with Gasteiger partial charge in [0.15, 0.2) is 5.82 Å². The summed E-state index contributed by atoms with van der Waals surface area (Å²) in [6.45, 7) is 5.32.